The number of esters is 1. The Balaban J connectivity index is 2.01. The lowest BCUT2D eigenvalue weighted by molar-refractivity contribution is -0.137. The van der Waals surface area contributed by atoms with Gasteiger partial charge in [0.05, 0.1) is 11.5 Å². The number of nitrogens with zero attached hydrogens (tertiary/aromatic N) is 1. The summed E-state index contributed by atoms with van der Waals surface area (Å²) in [7, 11) is -3.51. The van der Waals surface area contributed by atoms with Crippen LogP contribution in [0.5, 0.6) is 0 Å². The summed E-state index contributed by atoms with van der Waals surface area (Å²) in [4.78, 5) is 23.1. The van der Waals surface area contributed by atoms with E-state index in [1.54, 1.807) is 6.92 Å². The van der Waals surface area contributed by atoms with E-state index in [9.17, 15) is 18.0 Å². The van der Waals surface area contributed by atoms with Crippen molar-refractivity contribution in [3.05, 3.63) is 36.4 Å². The number of nitrogens with one attached hydrogen (secondary N) is 1. The number of carbonyl (C=O) groups excluding carboxylic acids is 2. The summed E-state index contributed by atoms with van der Waals surface area (Å²) in [6.07, 6.45) is 5.96. The fraction of sp³-hybridized carbons (Fsp3) is 0.444. The number of sulfonamides is 1. The van der Waals surface area contributed by atoms with Crippen molar-refractivity contribution in [1.82, 2.24) is 4.31 Å². The van der Waals surface area contributed by atoms with Crippen LogP contribution in [0.15, 0.2) is 41.3 Å². The fourth-order valence-corrected chi connectivity index (χ4v) is 4.18. The van der Waals surface area contributed by atoms with Crippen molar-refractivity contribution in [3.63, 3.8) is 0 Å². The molecule has 1 aromatic rings. The minimum Gasteiger partial charge on any atom is -0.463 e. The van der Waals surface area contributed by atoms with E-state index in [2.05, 4.69) is 10.1 Å². The maximum atomic E-state index is 12.7. The number of benzene rings is 1. The third-order valence-electron chi connectivity index (χ3n) is 3.98. The number of carbonyl (C=O) groups is 2. The van der Waals surface area contributed by atoms with Crippen LogP contribution < -0.4 is 5.32 Å². The van der Waals surface area contributed by atoms with E-state index in [1.807, 2.05) is 0 Å². The number of hydrogen-bond donors (Lipinski definition) is 1. The molecule has 1 aliphatic heterocycles. The van der Waals surface area contributed by atoms with Gasteiger partial charge in [-0.15, -0.1) is 0 Å². The lowest BCUT2D eigenvalue weighted by Gasteiger charge is -2.20. The third-order valence-corrected chi connectivity index (χ3v) is 5.89. The molecule has 0 saturated carbocycles. The molecule has 7 nitrogen and oxygen atoms in total. The first-order valence-electron chi connectivity index (χ1n) is 8.69. The number of rotatable bonds is 6. The summed E-state index contributed by atoms with van der Waals surface area (Å²) in [6.45, 7) is 2.99. The van der Waals surface area contributed by atoms with Gasteiger partial charge in [0.1, 0.15) is 0 Å². The summed E-state index contributed by atoms with van der Waals surface area (Å²) in [6, 6.07) is 6.01. The Bertz CT molecular complexity index is 748. The maximum absolute atomic E-state index is 12.7. The molecular weight excluding hydrogens is 356 g/mol. The maximum Gasteiger partial charge on any atom is 0.330 e. The Morgan fingerprint density at radius 3 is 2.27 bits per heavy atom. The Hall–Kier alpha value is -2.19. The fourth-order valence-electron chi connectivity index (χ4n) is 2.66. The highest BCUT2D eigenvalue weighted by Gasteiger charge is 2.24. The largest absolute Gasteiger partial charge is 0.463 e. The molecule has 1 aliphatic rings. The van der Waals surface area contributed by atoms with Gasteiger partial charge in [-0.1, -0.05) is 12.8 Å². The number of ether oxygens (including phenoxy) is 1. The van der Waals surface area contributed by atoms with Crippen LogP contribution in [0.25, 0.3) is 0 Å². The van der Waals surface area contributed by atoms with Crippen LogP contribution in [-0.2, 0) is 24.3 Å². The molecule has 0 radical (unpaired) electrons. The molecule has 1 saturated heterocycles. The van der Waals surface area contributed by atoms with Crippen LogP contribution in [0.4, 0.5) is 5.69 Å². The zero-order valence-corrected chi connectivity index (χ0v) is 15.6. The van der Waals surface area contributed by atoms with Gasteiger partial charge >= 0.3 is 5.97 Å². The smallest absolute Gasteiger partial charge is 0.330 e. The number of anilines is 1. The molecule has 0 aromatic heterocycles. The molecule has 1 heterocycles. The van der Waals surface area contributed by atoms with Crippen molar-refractivity contribution < 1.29 is 22.7 Å². The third kappa shape index (κ3) is 5.67. The molecule has 1 amide bonds. The summed E-state index contributed by atoms with van der Waals surface area (Å²) in [5.41, 5.74) is 0.443. The molecule has 2 rings (SSSR count). The molecule has 26 heavy (non-hydrogen) atoms. The summed E-state index contributed by atoms with van der Waals surface area (Å²) in [5.74, 6) is -1.09. The minimum absolute atomic E-state index is 0.208. The summed E-state index contributed by atoms with van der Waals surface area (Å²) in [5, 5.41) is 2.57. The number of hydrogen-bond acceptors (Lipinski definition) is 5. The monoisotopic (exact) mass is 380 g/mol. The van der Waals surface area contributed by atoms with Crippen molar-refractivity contribution in [2.45, 2.75) is 37.5 Å². The Labute approximate surface area is 154 Å². The van der Waals surface area contributed by atoms with E-state index in [0.29, 0.717) is 18.8 Å². The van der Waals surface area contributed by atoms with Gasteiger partial charge in [-0.2, -0.15) is 4.31 Å². The minimum atomic E-state index is -3.51. The normalized spacial score (nSPS) is 16.2. The lowest BCUT2D eigenvalue weighted by Crippen LogP contribution is -2.31. The molecule has 1 N–H and O–H groups in total. The van der Waals surface area contributed by atoms with E-state index >= 15 is 0 Å². The van der Waals surface area contributed by atoms with Gasteiger partial charge in [-0.05, 0) is 44.0 Å². The first-order chi connectivity index (χ1) is 12.4. The average Bonchev–Trinajstić information content (AvgIpc) is 2.91. The van der Waals surface area contributed by atoms with Crippen molar-refractivity contribution >= 4 is 27.6 Å². The standard InChI is InChI=1S/C18H24N2O5S/c1-2-25-18(22)12-11-17(21)19-15-7-9-16(10-8-15)26(23,24)20-13-5-3-4-6-14-20/h7-12H,2-6,13-14H2,1H3,(H,19,21)/b12-11+. The zero-order chi connectivity index (χ0) is 19.0. The van der Waals surface area contributed by atoms with Gasteiger partial charge in [0.25, 0.3) is 0 Å². The second kappa shape index (κ2) is 9.49. The molecule has 0 unspecified atom stereocenters. The molecular formula is C18H24N2O5S. The van der Waals surface area contributed by atoms with Crippen molar-refractivity contribution in [2.75, 3.05) is 25.0 Å². The lowest BCUT2D eigenvalue weighted by atomic mass is 10.2. The second-order valence-electron chi connectivity index (χ2n) is 5.92. The predicted molar refractivity (Wildman–Crippen MR) is 98.1 cm³/mol. The van der Waals surface area contributed by atoms with Gasteiger partial charge in [0, 0.05) is 30.9 Å². The highest BCUT2D eigenvalue weighted by Crippen LogP contribution is 2.21. The van der Waals surface area contributed by atoms with Gasteiger partial charge < -0.3 is 10.1 Å². The van der Waals surface area contributed by atoms with Gasteiger partial charge in [0.2, 0.25) is 15.9 Å². The Morgan fingerprint density at radius 2 is 1.69 bits per heavy atom. The van der Waals surface area contributed by atoms with E-state index in [0.717, 1.165) is 37.8 Å². The molecule has 0 atom stereocenters. The molecule has 1 aromatic carbocycles. The summed E-state index contributed by atoms with van der Waals surface area (Å²) < 4.78 is 31.6. The van der Waals surface area contributed by atoms with Crippen molar-refractivity contribution in [1.29, 1.82) is 0 Å². The molecule has 0 bridgehead atoms. The van der Waals surface area contributed by atoms with Crippen molar-refractivity contribution in [2.24, 2.45) is 0 Å². The zero-order valence-electron chi connectivity index (χ0n) is 14.8. The molecule has 8 heteroatoms. The van der Waals surface area contributed by atoms with Gasteiger partial charge in [0.15, 0.2) is 0 Å². The highest BCUT2D eigenvalue weighted by atomic mass is 32.2. The van der Waals surface area contributed by atoms with E-state index in [-0.39, 0.29) is 11.5 Å². The van der Waals surface area contributed by atoms with E-state index in [4.69, 9.17) is 0 Å². The summed E-state index contributed by atoms with van der Waals surface area (Å²) >= 11 is 0. The first-order valence-corrected chi connectivity index (χ1v) is 10.1. The topological polar surface area (TPSA) is 92.8 Å². The molecule has 0 spiro atoms. The van der Waals surface area contributed by atoms with Gasteiger partial charge in [-0.25, -0.2) is 13.2 Å². The molecule has 142 valence electrons. The predicted octanol–water partition coefficient (Wildman–Crippen LogP) is 2.31. The SMILES string of the molecule is CCOC(=O)/C=C/C(=O)Nc1ccc(S(=O)(=O)N2CCCCCC2)cc1. The molecule has 0 aliphatic carbocycles. The van der Waals surface area contributed by atoms with E-state index < -0.39 is 21.9 Å². The van der Waals surface area contributed by atoms with Crippen LogP contribution in [0.3, 0.4) is 0 Å². The second-order valence-corrected chi connectivity index (χ2v) is 7.86. The Morgan fingerprint density at radius 1 is 1.08 bits per heavy atom. The Kier molecular flexibility index (Phi) is 7.35. The first kappa shape index (κ1) is 20.1. The van der Waals surface area contributed by atoms with Crippen LogP contribution in [0, 0.1) is 0 Å². The van der Waals surface area contributed by atoms with Crippen LogP contribution >= 0.6 is 0 Å². The van der Waals surface area contributed by atoms with Gasteiger partial charge in [-0.3, -0.25) is 4.79 Å². The van der Waals surface area contributed by atoms with Crippen LogP contribution in [-0.4, -0.2) is 44.3 Å². The number of amides is 1. The van der Waals surface area contributed by atoms with Crippen molar-refractivity contribution in [3.8, 4) is 0 Å². The van der Waals surface area contributed by atoms with Crippen LogP contribution in [0.1, 0.15) is 32.6 Å². The van der Waals surface area contributed by atoms with Crippen LogP contribution in [0.2, 0.25) is 0 Å². The quantitative estimate of drug-likeness (QED) is 0.604. The average molecular weight is 380 g/mol. The highest BCUT2D eigenvalue weighted by molar-refractivity contribution is 7.89. The molecule has 1 fully saturated rings. The van der Waals surface area contributed by atoms with E-state index in [1.165, 1.54) is 28.6 Å².